The van der Waals surface area contributed by atoms with Gasteiger partial charge in [0.25, 0.3) is 0 Å². The molecule has 354 valence electrons. The molecule has 1 aliphatic heterocycles. The fourth-order valence-corrected chi connectivity index (χ4v) is 14.1. The zero-order chi connectivity index (χ0) is 50.0. The summed E-state index contributed by atoms with van der Waals surface area (Å²) in [7, 11) is 0. The number of rotatable bonds is 6. The molecule has 2 spiro atoms. The van der Waals surface area contributed by atoms with Crippen molar-refractivity contribution >= 4 is 34.1 Å². The van der Waals surface area contributed by atoms with Gasteiger partial charge in [0, 0.05) is 22.6 Å². The van der Waals surface area contributed by atoms with Gasteiger partial charge in [-0.3, -0.25) is 0 Å². The smallest absolute Gasteiger partial charge is 0.0755 e. The van der Waals surface area contributed by atoms with E-state index in [1.165, 1.54) is 112 Å². The van der Waals surface area contributed by atoms with E-state index < -0.39 is 10.8 Å². The van der Waals surface area contributed by atoms with E-state index in [0.29, 0.717) is 0 Å². The van der Waals surface area contributed by atoms with Crippen LogP contribution in [0.2, 0.25) is 0 Å². The fraction of sp³-hybridized carbons (Fsp3) is 0.0270. The van der Waals surface area contributed by atoms with E-state index in [-0.39, 0.29) is 0 Å². The predicted molar refractivity (Wildman–Crippen MR) is 314 cm³/mol. The van der Waals surface area contributed by atoms with E-state index in [1.807, 2.05) is 0 Å². The van der Waals surface area contributed by atoms with Crippen LogP contribution in [0.4, 0.5) is 34.1 Å². The molecule has 3 aliphatic carbocycles. The van der Waals surface area contributed by atoms with Crippen LogP contribution in [-0.4, -0.2) is 0 Å². The first-order valence-electron chi connectivity index (χ1n) is 26.5. The summed E-state index contributed by atoms with van der Waals surface area (Å²) >= 11 is 0. The summed E-state index contributed by atoms with van der Waals surface area (Å²) in [5.74, 6) is 0. The molecule has 0 radical (unpaired) electrons. The molecule has 0 saturated carbocycles. The van der Waals surface area contributed by atoms with Gasteiger partial charge in [-0.15, -0.1) is 0 Å². The summed E-state index contributed by atoms with van der Waals surface area (Å²) in [5.41, 5.74) is 28.6. The predicted octanol–water partition coefficient (Wildman–Crippen LogP) is 19.0. The lowest BCUT2D eigenvalue weighted by Crippen LogP contribution is -2.36. The van der Waals surface area contributed by atoms with E-state index in [4.69, 9.17) is 0 Å². The van der Waals surface area contributed by atoms with E-state index in [9.17, 15) is 0 Å². The average molecular weight is 965 g/mol. The minimum atomic E-state index is -0.617. The monoisotopic (exact) mass is 964 g/mol. The Morgan fingerprint density at radius 1 is 0.250 bits per heavy atom. The van der Waals surface area contributed by atoms with Crippen LogP contribution in [0.25, 0.3) is 55.6 Å². The molecule has 16 rings (SSSR count). The van der Waals surface area contributed by atoms with Crippen LogP contribution in [0.5, 0.6) is 0 Å². The molecule has 1 heterocycles. The van der Waals surface area contributed by atoms with Crippen LogP contribution in [-0.2, 0) is 10.8 Å². The lowest BCUT2D eigenvalue weighted by Gasteiger charge is -2.45. The molecule has 0 aromatic heterocycles. The van der Waals surface area contributed by atoms with Crippen LogP contribution in [0.15, 0.2) is 291 Å². The lowest BCUT2D eigenvalue weighted by molar-refractivity contribution is 0.752. The minimum Gasteiger partial charge on any atom is -0.310 e. The molecule has 4 aliphatic rings. The molecule has 0 atom stereocenters. The van der Waals surface area contributed by atoms with Crippen LogP contribution in [0.3, 0.4) is 0 Å². The van der Waals surface area contributed by atoms with Crippen LogP contribution < -0.4 is 9.80 Å². The van der Waals surface area contributed by atoms with Crippen molar-refractivity contribution in [3.63, 3.8) is 0 Å². The Kier molecular flexibility index (Phi) is 9.20. The van der Waals surface area contributed by atoms with E-state index >= 15 is 0 Å². The van der Waals surface area contributed by atoms with Crippen molar-refractivity contribution in [2.75, 3.05) is 9.80 Å². The highest BCUT2D eigenvalue weighted by molar-refractivity contribution is 6.02. The zero-order valence-corrected chi connectivity index (χ0v) is 41.6. The maximum atomic E-state index is 2.55. The first-order valence-corrected chi connectivity index (χ1v) is 26.5. The molecular formula is C74H48N2. The van der Waals surface area contributed by atoms with Gasteiger partial charge >= 0.3 is 0 Å². The third kappa shape index (κ3) is 5.76. The first-order chi connectivity index (χ1) is 37.7. The minimum absolute atomic E-state index is 0.486. The summed E-state index contributed by atoms with van der Waals surface area (Å²) in [6, 6.07) is 109. The normalized spacial score (nSPS) is 14.0. The largest absolute Gasteiger partial charge is 0.310 e. The van der Waals surface area contributed by atoms with Gasteiger partial charge < -0.3 is 9.80 Å². The zero-order valence-electron chi connectivity index (χ0n) is 41.6. The summed E-state index contributed by atoms with van der Waals surface area (Å²) < 4.78 is 0. The van der Waals surface area contributed by atoms with E-state index in [1.54, 1.807) is 0 Å². The number of hydrogen-bond acceptors (Lipinski definition) is 2. The van der Waals surface area contributed by atoms with Crippen molar-refractivity contribution in [2.24, 2.45) is 0 Å². The van der Waals surface area contributed by atoms with Crippen molar-refractivity contribution in [3.8, 4) is 55.6 Å². The number of para-hydroxylation sites is 3. The Hall–Kier alpha value is -9.76. The molecule has 0 unspecified atom stereocenters. The topological polar surface area (TPSA) is 6.48 Å². The molecule has 12 aromatic rings. The highest BCUT2D eigenvalue weighted by Crippen LogP contribution is 2.67. The second-order valence-electron chi connectivity index (χ2n) is 20.6. The Morgan fingerprint density at radius 2 is 0.632 bits per heavy atom. The van der Waals surface area contributed by atoms with Gasteiger partial charge in [-0.25, -0.2) is 0 Å². The number of nitrogens with zero attached hydrogens (tertiary/aromatic N) is 2. The number of hydrogen-bond donors (Lipinski definition) is 0. The maximum absolute atomic E-state index is 2.55. The first kappa shape index (κ1) is 42.7. The van der Waals surface area contributed by atoms with Crippen molar-refractivity contribution in [3.05, 3.63) is 336 Å². The molecule has 76 heavy (non-hydrogen) atoms. The number of fused-ring (bicyclic) bond motifs is 19. The van der Waals surface area contributed by atoms with Gasteiger partial charge in [-0.05, 0) is 149 Å². The van der Waals surface area contributed by atoms with Crippen molar-refractivity contribution in [2.45, 2.75) is 10.8 Å². The Labute approximate surface area is 443 Å². The van der Waals surface area contributed by atoms with Gasteiger partial charge in [-0.1, -0.05) is 237 Å². The van der Waals surface area contributed by atoms with E-state index in [2.05, 4.69) is 301 Å². The average Bonchev–Trinajstić information content (AvgIpc) is 4.19. The Morgan fingerprint density at radius 3 is 1.18 bits per heavy atom. The molecule has 0 fully saturated rings. The van der Waals surface area contributed by atoms with Gasteiger partial charge in [0.1, 0.15) is 0 Å². The van der Waals surface area contributed by atoms with Gasteiger partial charge in [0.05, 0.1) is 27.9 Å². The molecule has 2 heteroatoms. The summed E-state index contributed by atoms with van der Waals surface area (Å²) in [5, 5.41) is 0. The standard InChI is InChI=1S/C74H48N2/c1-3-20-49(21-4-1)50-38-40-51(41-39-50)52-42-44-54(45-43-52)75(71-37-19-34-67-72(71)60-27-10-14-31-64(60)73(67)61-28-11-7-24-56(61)57-25-8-12-29-62(57)73)55-46-47-59-58-26-9-13-30-63(58)74(68(59)48-55)65-32-15-17-35-69(65)76(53-22-5-2-6-23-53)70-36-18-16-33-66(70)74/h1-48H. The number of benzene rings is 12. The van der Waals surface area contributed by atoms with Gasteiger partial charge in [-0.2, -0.15) is 0 Å². The van der Waals surface area contributed by atoms with Crippen LogP contribution in [0.1, 0.15) is 44.5 Å². The lowest BCUT2D eigenvalue weighted by atomic mass is 9.64. The summed E-state index contributed by atoms with van der Waals surface area (Å²) in [6.45, 7) is 0. The van der Waals surface area contributed by atoms with Crippen molar-refractivity contribution in [1.29, 1.82) is 0 Å². The Bertz CT molecular complexity index is 4190. The highest BCUT2D eigenvalue weighted by Gasteiger charge is 2.54. The molecule has 0 amide bonds. The highest BCUT2D eigenvalue weighted by atomic mass is 15.2. The summed E-state index contributed by atoms with van der Waals surface area (Å²) in [6.07, 6.45) is 0. The van der Waals surface area contributed by atoms with Gasteiger partial charge in [0.2, 0.25) is 0 Å². The third-order valence-electron chi connectivity index (χ3n) is 17.1. The third-order valence-corrected chi connectivity index (χ3v) is 17.1. The molecular weight excluding hydrogens is 917 g/mol. The molecule has 2 nitrogen and oxygen atoms in total. The maximum Gasteiger partial charge on any atom is 0.0755 e. The fourth-order valence-electron chi connectivity index (χ4n) is 14.1. The Balaban J connectivity index is 0.946. The summed E-state index contributed by atoms with van der Waals surface area (Å²) in [4.78, 5) is 5.01. The molecule has 0 N–H and O–H groups in total. The van der Waals surface area contributed by atoms with Crippen molar-refractivity contribution < 1.29 is 0 Å². The van der Waals surface area contributed by atoms with Crippen LogP contribution >= 0.6 is 0 Å². The quantitative estimate of drug-likeness (QED) is 0.164. The second kappa shape index (κ2) is 16.4. The van der Waals surface area contributed by atoms with E-state index in [0.717, 1.165) is 22.7 Å². The molecule has 0 bridgehead atoms. The van der Waals surface area contributed by atoms with Crippen molar-refractivity contribution in [1.82, 2.24) is 0 Å². The second-order valence-corrected chi connectivity index (χ2v) is 20.6. The molecule has 0 saturated heterocycles. The van der Waals surface area contributed by atoms with Gasteiger partial charge in [0.15, 0.2) is 0 Å². The number of anilines is 6. The molecule has 12 aromatic carbocycles. The SMILES string of the molecule is c1ccc(-c2ccc(-c3ccc(N(c4ccc5c(c4)C4(c6ccccc6-5)c5ccccc5N(c5ccccc5)c5ccccc54)c4cccc5c4-c4ccccc4C54c5ccccc5-c5ccccc54)cc3)cc2)cc1. The van der Waals surface area contributed by atoms with Crippen LogP contribution in [0, 0.1) is 0 Å².